The molecular weight excluding hydrogens is 156 g/mol. The Morgan fingerprint density at radius 1 is 1.75 bits per heavy atom. The fourth-order valence-electron chi connectivity index (χ4n) is 1.51. The van der Waals surface area contributed by atoms with E-state index in [1.807, 2.05) is 0 Å². The van der Waals surface area contributed by atoms with Crippen molar-refractivity contribution in [3.8, 4) is 0 Å². The van der Waals surface area contributed by atoms with Gasteiger partial charge in [-0.15, -0.1) is 0 Å². The summed E-state index contributed by atoms with van der Waals surface area (Å²) in [6, 6.07) is 0.227. The molecule has 2 amide bonds. The van der Waals surface area contributed by atoms with Gasteiger partial charge in [-0.05, 0) is 12.8 Å². The first kappa shape index (κ1) is 9.03. The van der Waals surface area contributed by atoms with Crippen molar-refractivity contribution in [3.63, 3.8) is 0 Å². The van der Waals surface area contributed by atoms with Gasteiger partial charge in [-0.3, -0.25) is 9.59 Å². The number of rotatable bonds is 3. The van der Waals surface area contributed by atoms with Gasteiger partial charge in [0.1, 0.15) is 0 Å². The fraction of sp³-hybridized carbons (Fsp3) is 0.750. The number of nitrogens with two attached hydrogens (primary N) is 1. The molecule has 1 saturated heterocycles. The molecule has 68 valence electrons. The maximum atomic E-state index is 11.0. The van der Waals surface area contributed by atoms with Crippen LogP contribution in [-0.2, 0) is 9.59 Å². The summed E-state index contributed by atoms with van der Waals surface area (Å²) < 4.78 is 0. The topological polar surface area (TPSA) is 63.4 Å². The number of carbonyl (C=O) groups is 2. The van der Waals surface area contributed by atoms with Crippen LogP contribution in [0.3, 0.4) is 0 Å². The van der Waals surface area contributed by atoms with Crippen LogP contribution in [-0.4, -0.2) is 29.8 Å². The monoisotopic (exact) mass is 170 g/mol. The van der Waals surface area contributed by atoms with Gasteiger partial charge in [0, 0.05) is 25.9 Å². The molecule has 4 heteroatoms. The number of primary amides is 1. The summed E-state index contributed by atoms with van der Waals surface area (Å²) in [5.41, 5.74) is 5.01. The molecule has 1 fully saturated rings. The van der Waals surface area contributed by atoms with E-state index in [1.165, 1.54) is 0 Å². The Morgan fingerprint density at radius 2 is 2.42 bits per heavy atom. The molecule has 0 aromatic rings. The molecule has 0 spiro atoms. The zero-order chi connectivity index (χ0) is 9.14. The lowest BCUT2D eigenvalue weighted by Gasteiger charge is -2.18. The summed E-state index contributed by atoms with van der Waals surface area (Å²) in [6.07, 6.45) is 2.56. The molecule has 0 aliphatic carbocycles. The Morgan fingerprint density at radius 3 is 2.83 bits per heavy atom. The molecular formula is C8H14N2O2. The van der Waals surface area contributed by atoms with Gasteiger partial charge in [0.2, 0.25) is 11.8 Å². The van der Waals surface area contributed by atoms with Crippen LogP contribution in [0.4, 0.5) is 0 Å². The maximum absolute atomic E-state index is 11.0. The fourth-order valence-corrected chi connectivity index (χ4v) is 1.51. The van der Waals surface area contributed by atoms with Gasteiger partial charge in [-0.2, -0.15) is 0 Å². The molecule has 1 aliphatic heterocycles. The highest BCUT2D eigenvalue weighted by molar-refractivity contribution is 5.78. The number of carbonyl (C=O) groups excluding carboxylic acids is 2. The minimum Gasteiger partial charge on any atom is -0.370 e. The van der Waals surface area contributed by atoms with E-state index in [0.717, 1.165) is 6.42 Å². The standard InChI is InChI=1S/C8H14N2O2/c1-10-6(2-4-7(9)11)3-5-8(10)12/h6H,2-5H2,1H3,(H2,9,11). The first-order valence-electron chi connectivity index (χ1n) is 4.15. The van der Waals surface area contributed by atoms with Crippen molar-refractivity contribution in [2.24, 2.45) is 5.73 Å². The molecule has 0 bridgehead atoms. The molecule has 0 aromatic carbocycles. The number of hydrogen-bond donors (Lipinski definition) is 1. The van der Waals surface area contributed by atoms with Gasteiger partial charge in [0.25, 0.3) is 0 Å². The van der Waals surface area contributed by atoms with Crippen LogP contribution in [0.25, 0.3) is 0 Å². The van der Waals surface area contributed by atoms with Crippen molar-refractivity contribution in [1.82, 2.24) is 4.90 Å². The highest BCUT2D eigenvalue weighted by Gasteiger charge is 2.27. The summed E-state index contributed by atoms with van der Waals surface area (Å²) in [6.45, 7) is 0. The van der Waals surface area contributed by atoms with Gasteiger partial charge in [0.05, 0.1) is 0 Å². The lowest BCUT2D eigenvalue weighted by molar-refractivity contribution is -0.128. The highest BCUT2D eigenvalue weighted by atomic mass is 16.2. The largest absolute Gasteiger partial charge is 0.370 e. The molecule has 1 unspecified atom stereocenters. The van der Waals surface area contributed by atoms with Crippen LogP contribution in [0, 0.1) is 0 Å². The number of hydrogen-bond acceptors (Lipinski definition) is 2. The SMILES string of the molecule is CN1C(=O)CCC1CCC(N)=O. The molecule has 0 radical (unpaired) electrons. The van der Waals surface area contributed by atoms with Crippen molar-refractivity contribution in [1.29, 1.82) is 0 Å². The Hall–Kier alpha value is -1.06. The van der Waals surface area contributed by atoms with Crippen LogP contribution in [0.1, 0.15) is 25.7 Å². The third-order valence-electron chi connectivity index (χ3n) is 2.36. The van der Waals surface area contributed by atoms with Gasteiger partial charge in [-0.25, -0.2) is 0 Å². The second kappa shape index (κ2) is 3.56. The smallest absolute Gasteiger partial charge is 0.222 e. The average molecular weight is 170 g/mol. The second-order valence-corrected chi connectivity index (χ2v) is 3.20. The number of nitrogens with zero attached hydrogens (tertiary/aromatic N) is 1. The lowest BCUT2D eigenvalue weighted by atomic mass is 10.1. The van der Waals surface area contributed by atoms with Crippen LogP contribution in [0.5, 0.6) is 0 Å². The molecule has 4 nitrogen and oxygen atoms in total. The predicted molar refractivity (Wildman–Crippen MR) is 44.2 cm³/mol. The molecule has 0 saturated carbocycles. The zero-order valence-electron chi connectivity index (χ0n) is 7.25. The molecule has 1 rings (SSSR count). The minimum absolute atomic E-state index is 0.171. The third-order valence-corrected chi connectivity index (χ3v) is 2.36. The first-order valence-corrected chi connectivity index (χ1v) is 4.15. The van der Waals surface area contributed by atoms with Crippen LogP contribution in [0.2, 0.25) is 0 Å². The lowest BCUT2D eigenvalue weighted by Crippen LogP contribution is -2.29. The van der Waals surface area contributed by atoms with Gasteiger partial charge in [-0.1, -0.05) is 0 Å². The van der Waals surface area contributed by atoms with Crippen molar-refractivity contribution < 1.29 is 9.59 Å². The Kier molecular flexibility index (Phi) is 2.68. The van der Waals surface area contributed by atoms with E-state index in [9.17, 15) is 9.59 Å². The van der Waals surface area contributed by atoms with Crippen molar-refractivity contribution in [2.45, 2.75) is 31.7 Å². The minimum atomic E-state index is -0.289. The predicted octanol–water partition coefficient (Wildman–Crippen LogP) is -0.127. The van der Waals surface area contributed by atoms with E-state index < -0.39 is 0 Å². The zero-order valence-corrected chi connectivity index (χ0v) is 7.25. The van der Waals surface area contributed by atoms with Gasteiger partial charge in [0.15, 0.2) is 0 Å². The summed E-state index contributed by atoms with van der Waals surface area (Å²) >= 11 is 0. The van der Waals surface area contributed by atoms with E-state index in [0.29, 0.717) is 19.3 Å². The third kappa shape index (κ3) is 1.96. The quantitative estimate of drug-likeness (QED) is 0.641. The van der Waals surface area contributed by atoms with E-state index in [-0.39, 0.29) is 17.9 Å². The number of likely N-dealkylation sites (tertiary alicyclic amines) is 1. The first-order chi connectivity index (χ1) is 5.61. The molecule has 1 aliphatic rings. The summed E-state index contributed by atoms with van der Waals surface area (Å²) in [4.78, 5) is 23.2. The molecule has 1 heterocycles. The van der Waals surface area contributed by atoms with Crippen molar-refractivity contribution in [3.05, 3.63) is 0 Å². The van der Waals surface area contributed by atoms with Gasteiger partial charge >= 0.3 is 0 Å². The van der Waals surface area contributed by atoms with Crippen molar-refractivity contribution >= 4 is 11.8 Å². The maximum Gasteiger partial charge on any atom is 0.222 e. The Labute approximate surface area is 71.7 Å². The van der Waals surface area contributed by atoms with E-state index in [1.54, 1.807) is 11.9 Å². The molecule has 2 N–H and O–H groups in total. The van der Waals surface area contributed by atoms with Crippen LogP contribution in [0.15, 0.2) is 0 Å². The van der Waals surface area contributed by atoms with E-state index in [4.69, 9.17) is 5.73 Å². The van der Waals surface area contributed by atoms with E-state index >= 15 is 0 Å². The summed E-state index contributed by atoms with van der Waals surface area (Å²) in [5, 5.41) is 0. The molecule has 12 heavy (non-hydrogen) atoms. The Balaban J connectivity index is 2.34. The normalized spacial score (nSPS) is 23.2. The summed E-state index contributed by atoms with van der Waals surface area (Å²) in [7, 11) is 1.78. The van der Waals surface area contributed by atoms with Crippen LogP contribution < -0.4 is 5.73 Å². The summed E-state index contributed by atoms with van der Waals surface area (Å²) in [5.74, 6) is -0.118. The van der Waals surface area contributed by atoms with Crippen LogP contribution >= 0.6 is 0 Å². The average Bonchev–Trinajstić information content (AvgIpc) is 2.30. The number of amides is 2. The molecule has 1 atom stereocenters. The van der Waals surface area contributed by atoms with Crippen molar-refractivity contribution in [2.75, 3.05) is 7.05 Å². The Bertz CT molecular complexity index is 203. The van der Waals surface area contributed by atoms with Gasteiger partial charge < -0.3 is 10.6 Å². The highest BCUT2D eigenvalue weighted by Crippen LogP contribution is 2.19. The second-order valence-electron chi connectivity index (χ2n) is 3.20. The van der Waals surface area contributed by atoms with E-state index in [2.05, 4.69) is 0 Å². The molecule has 0 aromatic heterocycles.